The van der Waals surface area contributed by atoms with Crippen LogP contribution in [0.4, 0.5) is 10.1 Å². The standard InChI is InChI=1S/C16H17FN2O2/c17-13-10-14(18)12(16(19)20)9-15(13)21-8-4-7-11-5-2-1-3-6-11/h1-3,5-6,9-10H,4,7-8,18H2,(H2,19,20). The molecule has 0 aliphatic heterocycles. The molecule has 0 spiro atoms. The number of amides is 1. The molecule has 0 aliphatic rings. The summed E-state index contributed by atoms with van der Waals surface area (Å²) in [6, 6.07) is 12.2. The lowest BCUT2D eigenvalue weighted by molar-refractivity contribution is 0.100. The van der Waals surface area contributed by atoms with Gasteiger partial charge in [0.05, 0.1) is 12.2 Å². The van der Waals surface area contributed by atoms with Crippen LogP contribution in [0, 0.1) is 5.82 Å². The van der Waals surface area contributed by atoms with Crippen LogP contribution in [-0.2, 0) is 6.42 Å². The summed E-state index contributed by atoms with van der Waals surface area (Å²) in [5, 5.41) is 0. The van der Waals surface area contributed by atoms with Crippen molar-refractivity contribution in [2.75, 3.05) is 12.3 Å². The second kappa shape index (κ2) is 6.74. The molecular formula is C16H17FN2O2. The summed E-state index contributed by atoms with van der Waals surface area (Å²) in [6.07, 6.45) is 1.57. The lowest BCUT2D eigenvalue weighted by atomic mass is 10.1. The largest absolute Gasteiger partial charge is 0.490 e. The molecule has 0 bridgehead atoms. The molecule has 0 radical (unpaired) electrons. The predicted molar refractivity (Wildman–Crippen MR) is 79.6 cm³/mol. The Morgan fingerprint density at radius 2 is 1.90 bits per heavy atom. The van der Waals surface area contributed by atoms with E-state index in [0.29, 0.717) is 6.61 Å². The number of carbonyl (C=O) groups excluding carboxylic acids is 1. The van der Waals surface area contributed by atoms with E-state index in [0.717, 1.165) is 18.9 Å². The molecule has 0 fully saturated rings. The van der Waals surface area contributed by atoms with Crippen LogP contribution in [0.15, 0.2) is 42.5 Å². The quantitative estimate of drug-likeness (QED) is 0.633. The first-order valence-corrected chi connectivity index (χ1v) is 6.63. The molecule has 2 aromatic rings. The van der Waals surface area contributed by atoms with Crippen LogP contribution in [0.2, 0.25) is 0 Å². The van der Waals surface area contributed by atoms with Crippen molar-refractivity contribution in [3.8, 4) is 5.75 Å². The van der Waals surface area contributed by atoms with Crippen LogP contribution >= 0.6 is 0 Å². The van der Waals surface area contributed by atoms with Crippen LogP contribution in [0.3, 0.4) is 0 Å². The third kappa shape index (κ3) is 3.95. The Kier molecular flexibility index (Phi) is 4.77. The highest BCUT2D eigenvalue weighted by molar-refractivity contribution is 5.98. The second-order valence-corrected chi connectivity index (χ2v) is 4.67. The average molecular weight is 288 g/mol. The number of ether oxygens (including phenoxy) is 1. The molecule has 2 rings (SSSR count). The van der Waals surface area contributed by atoms with Gasteiger partial charge in [-0.05, 0) is 24.5 Å². The van der Waals surface area contributed by atoms with E-state index in [1.807, 2.05) is 30.3 Å². The third-order valence-electron chi connectivity index (χ3n) is 3.08. The number of nitrogens with two attached hydrogens (primary N) is 2. The Morgan fingerprint density at radius 1 is 1.19 bits per heavy atom. The van der Waals surface area contributed by atoms with Gasteiger partial charge < -0.3 is 16.2 Å². The van der Waals surface area contributed by atoms with Gasteiger partial charge in [-0.3, -0.25) is 4.79 Å². The van der Waals surface area contributed by atoms with Crippen LogP contribution in [-0.4, -0.2) is 12.5 Å². The van der Waals surface area contributed by atoms with E-state index in [1.165, 1.54) is 11.6 Å². The van der Waals surface area contributed by atoms with Gasteiger partial charge in [0.15, 0.2) is 11.6 Å². The van der Waals surface area contributed by atoms with Crippen molar-refractivity contribution in [1.82, 2.24) is 0 Å². The zero-order chi connectivity index (χ0) is 15.2. The maximum Gasteiger partial charge on any atom is 0.250 e. The van der Waals surface area contributed by atoms with Gasteiger partial charge in [-0.25, -0.2) is 4.39 Å². The van der Waals surface area contributed by atoms with Crippen molar-refractivity contribution in [2.24, 2.45) is 5.73 Å². The Labute approximate surface area is 122 Å². The minimum absolute atomic E-state index is 0.00828. The molecule has 0 aliphatic carbocycles. The van der Waals surface area contributed by atoms with Crippen LogP contribution in [0.1, 0.15) is 22.3 Å². The van der Waals surface area contributed by atoms with E-state index in [1.54, 1.807) is 0 Å². The zero-order valence-electron chi connectivity index (χ0n) is 11.5. The minimum Gasteiger partial charge on any atom is -0.490 e. The summed E-state index contributed by atoms with van der Waals surface area (Å²) < 4.78 is 19.1. The van der Waals surface area contributed by atoms with Gasteiger partial charge in [-0.1, -0.05) is 30.3 Å². The first-order chi connectivity index (χ1) is 10.1. The molecule has 0 saturated carbocycles. The molecule has 5 heteroatoms. The van der Waals surface area contributed by atoms with E-state index < -0.39 is 11.7 Å². The third-order valence-corrected chi connectivity index (χ3v) is 3.08. The van der Waals surface area contributed by atoms with Gasteiger partial charge in [0.25, 0.3) is 5.91 Å². The average Bonchev–Trinajstić information content (AvgIpc) is 2.46. The first-order valence-electron chi connectivity index (χ1n) is 6.63. The van der Waals surface area contributed by atoms with Gasteiger partial charge in [0, 0.05) is 11.8 Å². The number of nitrogen functional groups attached to an aromatic ring is 1. The van der Waals surface area contributed by atoms with Gasteiger partial charge in [-0.2, -0.15) is 0 Å². The van der Waals surface area contributed by atoms with E-state index >= 15 is 0 Å². The summed E-state index contributed by atoms with van der Waals surface area (Å²) in [5.41, 5.74) is 12.0. The van der Waals surface area contributed by atoms with E-state index in [-0.39, 0.29) is 17.0 Å². The first kappa shape index (κ1) is 14.8. The number of anilines is 1. The van der Waals surface area contributed by atoms with Crippen molar-refractivity contribution < 1.29 is 13.9 Å². The van der Waals surface area contributed by atoms with Crippen molar-refractivity contribution in [2.45, 2.75) is 12.8 Å². The Bertz CT molecular complexity index is 630. The topological polar surface area (TPSA) is 78.3 Å². The zero-order valence-corrected chi connectivity index (χ0v) is 11.5. The number of halogens is 1. The van der Waals surface area contributed by atoms with Crippen LogP contribution in [0.25, 0.3) is 0 Å². The van der Waals surface area contributed by atoms with Gasteiger partial charge in [-0.15, -0.1) is 0 Å². The number of aryl methyl sites for hydroxylation is 1. The van der Waals surface area contributed by atoms with Gasteiger partial charge >= 0.3 is 0 Å². The van der Waals surface area contributed by atoms with E-state index in [2.05, 4.69) is 0 Å². The molecule has 0 saturated heterocycles. The summed E-state index contributed by atoms with van der Waals surface area (Å²) in [7, 11) is 0. The molecule has 21 heavy (non-hydrogen) atoms. The number of benzene rings is 2. The molecule has 4 N–H and O–H groups in total. The predicted octanol–water partition coefficient (Wildman–Crippen LogP) is 2.52. The Morgan fingerprint density at radius 3 is 2.57 bits per heavy atom. The number of carbonyl (C=O) groups is 1. The number of hydrogen-bond donors (Lipinski definition) is 2. The van der Waals surface area contributed by atoms with E-state index in [4.69, 9.17) is 16.2 Å². The molecule has 1 amide bonds. The maximum atomic E-state index is 13.7. The highest BCUT2D eigenvalue weighted by atomic mass is 19.1. The second-order valence-electron chi connectivity index (χ2n) is 4.67. The molecule has 0 heterocycles. The molecule has 0 atom stereocenters. The molecule has 4 nitrogen and oxygen atoms in total. The summed E-state index contributed by atoms with van der Waals surface area (Å²) in [4.78, 5) is 11.2. The molecule has 0 aromatic heterocycles. The normalized spacial score (nSPS) is 10.3. The highest BCUT2D eigenvalue weighted by Crippen LogP contribution is 2.24. The Balaban J connectivity index is 1.94. The number of rotatable bonds is 6. The molecule has 110 valence electrons. The van der Waals surface area contributed by atoms with Crippen LogP contribution in [0.5, 0.6) is 5.75 Å². The van der Waals surface area contributed by atoms with Gasteiger partial charge in [0.1, 0.15) is 0 Å². The molecule has 2 aromatic carbocycles. The minimum atomic E-state index is -0.707. The maximum absolute atomic E-state index is 13.7. The molecular weight excluding hydrogens is 271 g/mol. The van der Waals surface area contributed by atoms with Crippen LogP contribution < -0.4 is 16.2 Å². The lowest BCUT2D eigenvalue weighted by Gasteiger charge is -2.10. The summed E-state index contributed by atoms with van der Waals surface area (Å²) in [6.45, 7) is 0.341. The highest BCUT2D eigenvalue weighted by Gasteiger charge is 2.12. The fourth-order valence-corrected chi connectivity index (χ4v) is 2.00. The van der Waals surface area contributed by atoms with Gasteiger partial charge in [0.2, 0.25) is 0 Å². The Hall–Kier alpha value is -2.56. The smallest absolute Gasteiger partial charge is 0.250 e. The van der Waals surface area contributed by atoms with E-state index in [9.17, 15) is 9.18 Å². The lowest BCUT2D eigenvalue weighted by Crippen LogP contribution is -2.14. The van der Waals surface area contributed by atoms with Crippen molar-refractivity contribution >= 4 is 11.6 Å². The summed E-state index contributed by atoms with van der Waals surface area (Å²) in [5.74, 6) is -1.31. The monoisotopic (exact) mass is 288 g/mol. The van der Waals surface area contributed by atoms with Crippen molar-refractivity contribution in [3.05, 3.63) is 59.4 Å². The van der Waals surface area contributed by atoms with Crippen molar-refractivity contribution in [3.63, 3.8) is 0 Å². The number of hydrogen-bond acceptors (Lipinski definition) is 3. The summed E-state index contributed by atoms with van der Waals surface area (Å²) >= 11 is 0. The number of primary amides is 1. The molecule has 0 unspecified atom stereocenters. The fraction of sp³-hybridized carbons (Fsp3) is 0.188. The van der Waals surface area contributed by atoms with Crippen molar-refractivity contribution in [1.29, 1.82) is 0 Å². The SMILES string of the molecule is NC(=O)c1cc(OCCCc2ccccc2)c(F)cc1N. The fourth-order valence-electron chi connectivity index (χ4n) is 2.00.